The average Bonchev–Trinajstić information content (AvgIpc) is 3.34. The Morgan fingerprint density at radius 2 is 1.89 bits per heavy atom. The van der Waals surface area contributed by atoms with E-state index in [1.54, 1.807) is 16.7 Å². The summed E-state index contributed by atoms with van der Waals surface area (Å²) in [5.41, 5.74) is 0.203. The fraction of sp³-hybridized carbons (Fsp3) is 0.654. The number of anilines is 1. The normalized spacial score (nSPS) is 32.6. The van der Waals surface area contributed by atoms with Crippen LogP contribution in [0.5, 0.6) is 0 Å². The molecule has 1 aromatic rings. The summed E-state index contributed by atoms with van der Waals surface area (Å²) in [6.45, 7) is 9.61. The Morgan fingerprint density at radius 1 is 1.23 bits per heavy atom. The highest BCUT2D eigenvalue weighted by Crippen LogP contribution is 2.68. The number of hydrogen-bond donors (Lipinski definition) is 3. The lowest BCUT2D eigenvalue weighted by Crippen LogP contribution is -2.59. The molecule has 9 heteroatoms. The lowest BCUT2D eigenvalue weighted by atomic mass is 9.70. The second kappa shape index (κ2) is 9.71. The lowest BCUT2D eigenvalue weighted by Gasteiger charge is -2.39. The van der Waals surface area contributed by atoms with Gasteiger partial charge in [0.2, 0.25) is 17.7 Å². The number of aliphatic hydroxyl groups excluding tert-OH is 1. The average molecular weight is 567 g/mol. The summed E-state index contributed by atoms with van der Waals surface area (Å²) >= 11 is 5.39. The van der Waals surface area contributed by atoms with Crippen molar-refractivity contribution in [3.05, 3.63) is 30.3 Å². The van der Waals surface area contributed by atoms with E-state index < -0.39 is 34.2 Å². The third-order valence-corrected chi connectivity index (χ3v) is 10.4. The molecule has 3 unspecified atom stereocenters. The summed E-state index contributed by atoms with van der Waals surface area (Å²) in [5.74, 6) is -1.56. The molecule has 4 rings (SSSR count). The van der Waals surface area contributed by atoms with E-state index in [0.717, 1.165) is 0 Å². The molecule has 7 atom stereocenters. The number of carbonyl (C=O) groups is 3. The van der Waals surface area contributed by atoms with Crippen molar-refractivity contribution in [3.8, 4) is 0 Å². The number of likely N-dealkylation sites (tertiary alicyclic amines) is 1. The summed E-state index contributed by atoms with van der Waals surface area (Å²) < 4.78 is -0.728. The second-order valence-corrected chi connectivity index (χ2v) is 14.2. The van der Waals surface area contributed by atoms with E-state index in [-0.39, 0.29) is 40.3 Å². The van der Waals surface area contributed by atoms with E-state index in [9.17, 15) is 19.5 Å². The number of nitrogens with one attached hydrogen (secondary N) is 2. The minimum atomic E-state index is -0.750. The van der Waals surface area contributed by atoms with Gasteiger partial charge in [0.15, 0.2) is 0 Å². The number of rotatable bonds is 7. The van der Waals surface area contributed by atoms with Crippen LogP contribution in [0.3, 0.4) is 0 Å². The zero-order valence-corrected chi connectivity index (χ0v) is 23.4. The lowest BCUT2D eigenvalue weighted by molar-refractivity contribution is -0.142. The van der Waals surface area contributed by atoms with Crippen molar-refractivity contribution in [3.63, 3.8) is 0 Å². The molecule has 3 N–H and O–H groups in total. The number of fused-ring (bicyclic) bond motifs is 1. The summed E-state index contributed by atoms with van der Waals surface area (Å²) in [7, 11) is 0. The number of thioether (sulfide) groups is 1. The van der Waals surface area contributed by atoms with Crippen LogP contribution in [-0.4, -0.2) is 66.8 Å². The predicted octanol–water partition coefficient (Wildman–Crippen LogP) is 3.41. The van der Waals surface area contributed by atoms with Gasteiger partial charge in [-0.3, -0.25) is 14.4 Å². The highest BCUT2D eigenvalue weighted by molar-refractivity contribution is 9.09. The van der Waals surface area contributed by atoms with Crippen LogP contribution in [-0.2, 0) is 14.4 Å². The van der Waals surface area contributed by atoms with E-state index in [0.29, 0.717) is 18.5 Å². The Balaban J connectivity index is 1.75. The Morgan fingerprint density at radius 3 is 2.46 bits per heavy atom. The number of hydrogen-bond acceptors (Lipinski definition) is 5. The standard InChI is InChI=1S/C26H36BrN3O4S/c1-14(2)11-16(13-31)30-21(23(33)29-25(3,4)5)26-12-17(27)20(35-26)18(19(26)24(30)34)22(32)28-15-9-7-6-8-10-15/h6-10,14,16-21,31H,11-13H2,1-5H3,(H,28,32)(H,29,33)/t16-,17?,18+,19+,20+,21?,26?/m1/s1. The van der Waals surface area contributed by atoms with Crippen LogP contribution < -0.4 is 10.6 Å². The maximum absolute atomic E-state index is 14.1. The molecule has 0 aliphatic carbocycles. The number of benzene rings is 1. The van der Waals surface area contributed by atoms with E-state index in [1.807, 2.05) is 65.0 Å². The molecule has 35 heavy (non-hydrogen) atoms. The van der Waals surface area contributed by atoms with Gasteiger partial charge in [0, 0.05) is 21.3 Å². The molecule has 3 heterocycles. The van der Waals surface area contributed by atoms with Crippen molar-refractivity contribution in [2.45, 2.75) is 79.9 Å². The number of halogens is 1. The van der Waals surface area contributed by atoms with Crippen LogP contribution in [0, 0.1) is 17.8 Å². The van der Waals surface area contributed by atoms with Gasteiger partial charge in [0.05, 0.1) is 29.2 Å². The van der Waals surface area contributed by atoms with Crippen LogP contribution in [0.2, 0.25) is 0 Å². The monoisotopic (exact) mass is 565 g/mol. The third kappa shape index (κ3) is 4.76. The van der Waals surface area contributed by atoms with Gasteiger partial charge >= 0.3 is 0 Å². The smallest absolute Gasteiger partial charge is 0.244 e. The van der Waals surface area contributed by atoms with Gasteiger partial charge in [-0.25, -0.2) is 0 Å². The molecule has 0 aromatic heterocycles. The second-order valence-electron chi connectivity index (χ2n) is 11.5. The number of carbonyl (C=O) groups excluding carboxylic acids is 3. The Hall–Kier alpha value is -1.58. The summed E-state index contributed by atoms with van der Waals surface area (Å²) in [4.78, 5) is 43.2. The first kappa shape index (κ1) is 26.5. The number of alkyl halides is 1. The summed E-state index contributed by atoms with van der Waals surface area (Å²) in [6.07, 6.45) is 1.20. The number of para-hydroxylation sites is 1. The molecule has 2 bridgehead atoms. The molecular formula is C26H36BrN3O4S. The van der Waals surface area contributed by atoms with Crippen LogP contribution in [0.25, 0.3) is 0 Å². The van der Waals surface area contributed by atoms with Gasteiger partial charge < -0.3 is 20.6 Å². The van der Waals surface area contributed by atoms with Crippen LogP contribution >= 0.6 is 27.7 Å². The highest BCUT2D eigenvalue weighted by Gasteiger charge is 2.76. The maximum Gasteiger partial charge on any atom is 0.244 e. The van der Waals surface area contributed by atoms with E-state index in [2.05, 4.69) is 26.6 Å². The molecule has 1 spiro atoms. The van der Waals surface area contributed by atoms with Crippen LogP contribution in [0.4, 0.5) is 5.69 Å². The zero-order valence-electron chi connectivity index (χ0n) is 21.0. The number of amides is 3. The van der Waals surface area contributed by atoms with E-state index >= 15 is 0 Å². The van der Waals surface area contributed by atoms with Gasteiger partial charge in [-0.05, 0) is 51.7 Å². The van der Waals surface area contributed by atoms with Gasteiger partial charge in [0.25, 0.3) is 0 Å². The molecule has 3 aliphatic rings. The largest absolute Gasteiger partial charge is 0.394 e. The van der Waals surface area contributed by atoms with Crippen molar-refractivity contribution in [1.29, 1.82) is 0 Å². The summed E-state index contributed by atoms with van der Waals surface area (Å²) in [6, 6.07) is 8.01. The van der Waals surface area contributed by atoms with Gasteiger partial charge in [-0.2, -0.15) is 0 Å². The van der Waals surface area contributed by atoms with Crippen molar-refractivity contribution in [2.24, 2.45) is 17.8 Å². The minimum absolute atomic E-state index is 0.00522. The minimum Gasteiger partial charge on any atom is -0.394 e. The highest BCUT2D eigenvalue weighted by atomic mass is 79.9. The first-order chi connectivity index (χ1) is 16.4. The van der Waals surface area contributed by atoms with Gasteiger partial charge in [0.1, 0.15) is 6.04 Å². The Labute approximate surface area is 220 Å². The topological polar surface area (TPSA) is 98.7 Å². The molecule has 0 saturated carbocycles. The van der Waals surface area contributed by atoms with E-state index in [1.165, 1.54) is 0 Å². The van der Waals surface area contributed by atoms with Crippen molar-refractivity contribution in [2.75, 3.05) is 11.9 Å². The fourth-order valence-corrected chi connectivity index (χ4v) is 9.67. The quantitative estimate of drug-likeness (QED) is 0.440. The van der Waals surface area contributed by atoms with Crippen molar-refractivity contribution in [1.82, 2.24) is 10.2 Å². The number of nitrogens with zero attached hydrogens (tertiary/aromatic N) is 1. The predicted molar refractivity (Wildman–Crippen MR) is 142 cm³/mol. The molecule has 7 nitrogen and oxygen atoms in total. The number of aliphatic hydroxyl groups is 1. The molecule has 3 fully saturated rings. The van der Waals surface area contributed by atoms with Crippen molar-refractivity contribution >= 4 is 51.1 Å². The molecule has 1 aromatic carbocycles. The first-order valence-electron chi connectivity index (χ1n) is 12.3. The molecule has 3 amide bonds. The molecule has 3 aliphatic heterocycles. The van der Waals surface area contributed by atoms with Gasteiger partial charge in [-0.15, -0.1) is 11.8 Å². The Kier molecular flexibility index (Phi) is 7.34. The Bertz CT molecular complexity index is 985. The van der Waals surface area contributed by atoms with Crippen molar-refractivity contribution < 1.29 is 19.5 Å². The maximum atomic E-state index is 14.1. The molecule has 3 saturated heterocycles. The molecular weight excluding hydrogens is 530 g/mol. The molecule has 192 valence electrons. The zero-order chi connectivity index (χ0) is 25.7. The fourth-order valence-electron chi connectivity index (χ4n) is 6.07. The molecule has 0 radical (unpaired) electrons. The summed E-state index contributed by atoms with van der Waals surface area (Å²) in [5, 5.41) is 16.3. The first-order valence-corrected chi connectivity index (χ1v) is 14.1. The van der Waals surface area contributed by atoms with E-state index in [4.69, 9.17) is 0 Å². The SMILES string of the molecule is CC(C)C[C@H](CO)N1C(=O)[C@@H]2[C@H](C(=O)Nc3ccccc3)[C@H]3SC2(CC3Br)C1C(=O)NC(C)(C)C. The van der Waals surface area contributed by atoms with Crippen LogP contribution in [0.1, 0.15) is 47.5 Å². The third-order valence-electron chi connectivity index (χ3n) is 7.17. The van der Waals surface area contributed by atoms with Crippen LogP contribution in [0.15, 0.2) is 30.3 Å². The van der Waals surface area contributed by atoms with Gasteiger partial charge in [-0.1, -0.05) is 48.0 Å².